The average Bonchev–Trinajstić information content (AvgIpc) is 2.62. The molecule has 0 fully saturated rings. The number of halogens is 4. The van der Waals surface area contributed by atoms with Gasteiger partial charge in [0.25, 0.3) is 5.91 Å². The molecule has 0 aliphatic heterocycles. The van der Waals surface area contributed by atoms with Gasteiger partial charge in [0.15, 0.2) is 6.10 Å². The Bertz CT molecular complexity index is 802. The third-order valence-corrected chi connectivity index (χ3v) is 3.79. The van der Waals surface area contributed by atoms with Crippen molar-refractivity contribution in [1.82, 2.24) is 4.98 Å². The number of aliphatic hydroxyl groups excluding tert-OH is 1. The van der Waals surface area contributed by atoms with E-state index in [0.29, 0.717) is 5.69 Å². The van der Waals surface area contributed by atoms with Gasteiger partial charge in [0.1, 0.15) is 0 Å². The number of rotatable bonds is 7. The van der Waals surface area contributed by atoms with Gasteiger partial charge in [0, 0.05) is 23.6 Å². The van der Waals surface area contributed by atoms with Crippen molar-refractivity contribution in [1.29, 1.82) is 0 Å². The standard InChI is InChI=1S/C16H13Cl2F2N3O4/c17-10-5-21-6-11(18)13(10)23-14(25)8-1-3-9(4-2-8)22-7-12(24)15(26)27-16(19)20/h1-6,12,16,22,24H,7H2,(H,21,23,25). The Labute approximate surface area is 162 Å². The highest BCUT2D eigenvalue weighted by molar-refractivity contribution is 6.39. The van der Waals surface area contributed by atoms with E-state index in [1.165, 1.54) is 36.7 Å². The summed E-state index contributed by atoms with van der Waals surface area (Å²) in [6, 6.07) is 5.92. The second-order valence-electron chi connectivity index (χ2n) is 5.10. The number of esters is 1. The highest BCUT2D eigenvalue weighted by Gasteiger charge is 2.20. The molecule has 1 atom stereocenters. The number of alkyl halides is 2. The monoisotopic (exact) mass is 419 g/mol. The van der Waals surface area contributed by atoms with E-state index in [2.05, 4.69) is 20.4 Å². The average molecular weight is 420 g/mol. The van der Waals surface area contributed by atoms with Crippen LogP contribution in [0.3, 0.4) is 0 Å². The number of hydrogen-bond acceptors (Lipinski definition) is 6. The number of carbonyl (C=O) groups is 2. The molecular weight excluding hydrogens is 407 g/mol. The van der Waals surface area contributed by atoms with Gasteiger partial charge < -0.3 is 20.5 Å². The molecule has 11 heteroatoms. The molecule has 27 heavy (non-hydrogen) atoms. The minimum Gasteiger partial charge on any atom is -0.401 e. The Morgan fingerprint density at radius 2 is 1.74 bits per heavy atom. The fourth-order valence-corrected chi connectivity index (χ4v) is 2.38. The summed E-state index contributed by atoms with van der Waals surface area (Å²) in [4.78, 5) is 27.1. The Balaban J connectivity index is 1.94. The number of carbonyl (C=O) groups excluding carboxylic acids is 2. The maximum absolute atomic E-state index is 12.2. The quantitative estimate of drug-likeness (QED) is 0.595. The Kier molecular flexibility index (Phi) is 7.28. The zero-order chi connectivity index (χ0) is 20.0. The largest absolute Gasteiger partial charge is 0.401 e. The summed E-state index contributed by atoms with van der Waals surface area (Å²) in [6.45, 7) is -3.65. The molecule has 2 aromatic rings. The van der Waals surface area contributed by atoms with Crippen LogP contribution in [-0.4, -0.2) is 41.2 Å². The molecule has 1 aromatic heterocycles. The molecule has 1 heterocycles. The molecule has 0 bridgehead atoms. The molecule has 2 rings (SSSR count). The number of anilines is 2. The third kappa shape index (κ3) is 6.02. The molecule has 0 radical (unpaired) electrons. The van der Waals surface area contributed by atoms with Crippen LogP contribution in [0, 0.1) is 0 Å². The number of aliphatic hydroxyl groups is 1. The summed E-state index contributed by atoms with van der Waals surface area (Å²) >= 11 is 11.9. The highest BCUT2D eigenvalue weighted by Crippen LogP contribution is 2.29. The summed E-state index contributed by atoms with van der Waals surface area (Å²) < 4.78 is 27.4. The van der Waals surface area contributed by atoms with E-state index in [4.69, 9.17) is 23.2 Å². The van der Waals surface area contributed by atoms with Gasteiger partial charge in [0.05, 0.1) is 22.3 Å². The van der Waals surface area contributed by atoms with Gasteiger partial charge in [-0.25, -0.2) is 4.79 Å². The van der Waals surface area contributed by atoms with E-state index >= 15 is 0 Å². The van der Waals surface area contributed by atoms with E-state index < -0.39 is 24.6 Å². The molecule has 3 N–H and O–H groups in total. The van der Waals surface area contributed by atoms with Crippen LogP contribution in [0.4, 0.5) is 20.2 Å². The molecular formula is C16H13Cl2F2N3O4. The van der Waals surface area contributed by atoms with Crippen LogP contribution in [0.5, 0.6) is 0 Å². The van der Waals surface area contributed by atoms with Crippen LogP contribution < -0.4 is 10.6 Å². The predicted octanol–water partition coefficient (Wildman–Crippen LogP) is 3.18. The van der Waals surface area contributed by atoms with E-state index in [1.807, 2.05) is 0 Å². The lowest BCUT2D eigenvalue weighted by atomic mass is 10.2. The van der Waals surface area contributed by atoms with Crippen molar-refractivity contribution in [3.8, 4) is 0 Å². The SMILES string of the molecule is O=C(Nc1c(Cl)cncc1Cl)c1ccc(NCC(O)C(=O)OC(F)F)cc1. The first-order valence-corrected chi connectivity index (χ1v) is 8.14. The van der Waals surface area contributed by atoms with Crippen LogP contribution in [0.2, 0.25) is 10.0 Å². The number of hydrogen-bond donors (Lipinski definition) is 3. The van der Waals surface area contributed by atoms with Crippen molar-refractivity contribution in [2.75, 3.05) is 17.2 Å². The van der Waals surface area contributed by atoms with E-state index in [-0.39, 0.29) is 27.8 Å². The van der Waals surface area contributed by atoms with E-state index in [9.17, 15) is 23.5 Å². The highest BCUT2D eigenvalue weighted by atomic mass is 35.5. The fraction of sp³-hybridized carbons (Fsp3) is 0.188. The second kappa shape index (κ2) is 9.45. The fourth-order valence-electron chi connectivity index (χ4n) is 1.92. The summed E-state index contributed by atoms with van der Waals surface area (Å²) in [5, 5.41) is 15.0. The molecule has 144 valence electrons. The van der Waals surface area contributed by atoms with Gasteiger partial charge in [-0.15, -0.1) is 0 Å². The molecule has 0 saturated carbocycles. The number of benzene rings is 1. The van der Waals surface area contributed by atoms with Crippen molar-refractivity contribution < 1.29 is 28.2 Å². The molecule has 1 unspecified atom stereocenters. The predicted molar refractivity (Wildman–Crippen MR) is 95.2 cm³/mol. The number of nitrogens with zero attached hydrogens (tertiary/aromatic N) is 1. The van der Waals surface area contributed by atoms with Crippen LogP contribution in [0.25, 0.3) is 0 Å². The zero-order valence-corrected chi connectivity index (χ0v) is 15.0. The first-order chi connectivity index (χ1) is 12.8. The second-order valence-corrected chi connectivity index (χ2v) is 5.92. The van der Waals surface area contributed by atoms with Gasteiger partial charge in [-0.05, 0) is 24.3 Å². The van der Waals surface area contributed by atoms with Gasteiger partial charge in [-0.1, -0.05) is 23.2 Å². The first kappa shape index (κ1) is 20.8. The zero-order valence-electron chi connectivity index (χ0n) is 13.5. The summed E-state index contributed by atoms with van der Waals surface area (Å²) in [7, 11) is 0. The van der Waals surface area contributed by atoms with Crippen molar-refractivity contribution in [3.63, 3.8) is 0 Å². The maximum atomic E-state index is 12.2. The summed E-state index contributed by atoms with van der Waals surface area (Å²) in [6.07, 6.45) is 0.902. The maximum Gasteiger partial charge on any atom is 0.389 e. The summed E-state index contributed by atoms with van der Waals surface area (Å²) in [5.41, 5.74) is 0.943. The minimum absolute atomic E-state index is 0.179. The first-order valence-electron chi connectivity index (χ1n) is 7.39. The third-order valence-electron chi connectivity index (χ3n) is 3.22. The van der Waals surface area contributed by atoms with Crippen LogP contribution in [0.15, 0.2) is 36.7 Å². The number of aromatic nitrogens is 1. The van der Waals surface area contributed by atoms with Crippen LogP contribution >= 0.6 is 23.2 Å². The van der Waals surface area contributed by atoms with Gasteiger partial charge >= 0.3 is 12.6 Å². The number of pyridine rings is 1. The van der Waals surface area contributed by atoms with Crippen LogP contribution in [0.1, 0.15) is 10.4 Å². The Hall–Kier alpha value is -2.49. The van der Waals surface area contributed by atoms with Crippen molar-refractivity contribution in [3.05, 3.63) is 52.3 Å². The molecule has 1 amide bonds. The molecule has 0 aliphatic carbocycles. The smallest absolute Gasteiger partial charge is 0.389 e. The van der Waals surface area contributed by atoms with Crippen LogP contribution in [-0.2, 0) is 9.53 Å². The Morgan fingerprint density at radius 1 is 1.15 bits per heavy atom. The Morgan fingerprint density at radius 3 is 2.30 bits per heavy atom. The van der Waals surface area contributed by atoms with Gasteiger partial charge in [-0.2, -0.15) is 8.78 Å². The number of nitrogens with one attached hydrogen (secondary N) is 2. The summed E-state index contributed by atoms with van der Waals surface area (Å²) in [5.74, 6) is -1.92. The topological polar surface area (TPSA) is 101 Å². The minimum atomic E-state index is -3.30. The molecule has 1 aromatic carbocycles. The van der Waals surface area contributed by atoms with E-state index in [1.54, 1.807) is 0 Å². The molecule has 0 aliphatic rings. The number of ether oxygens (including phenoxy) is 1. The van der Waals surface area contributed by atoms with E-state index in [0.717, 1.165) is 0 Å². The molecule has 0 saturated heterocycles. The normalized spacial score (nSPS) is 11.8. The van der Waals surface area contributed by atoms with Crippen molar-refractivity contribution in [2.24, 2.45) is 0 Å². The van der Waals surface area contributed by atoms with Crippen molar-refractivity contribution >= 4 is 46.5 Å². The lowest BCUT2D eigenvalue weighted by Crippen LogP contribution is -2.31. The lowest BCUT2D eigenvalue weighted by Gasteiger charge is -2.12. The molecule has 7 nitrogen and oxygen atoms in total. The van der Waals surface area contributed by atoms with Gasteiger partial charge in [-0.3, -0.25) is 9.78 Å². The van der Waals surface area contributed by atoms with Gasteiger partial charge in [0.2, 0.25) is 0 Å². The van der Waals surface area contributed by atoms with Crippen molar-refractivity contribution in [2.45, 2.75) is 12.7 Å². The number of amides is 1. The lowest BCUT2D eigenvalue weighted by molar-refractivity contribution is -0.184. The molecule has 0 spiro atoms.